The molecule has 0 unspecified atom stereocenters. The maximum Gasteiger partial charge on any atom is 0.136 e. The zero-order chi connectivity index (χ0) is 41.1. The van der Waals surface area contributed by atoms with Crippen LogP contribution >= 0.6 is 0 Å². The Balaban J connectivity index is 1.66. The molecule has 0 spiro atoms. The lowest BCUT2D eigenvalue weighted by molar-refractivity contribution is 0.648. The quantitative estimate of drug-likeness (QED) is 0.161. The number of fused-ring (bicyclic) bond motifs is 8. The van der Waals surface area contributed by atoms with Crippen molar-refractivity contribution in [2.45, 2.75) is 123 Å². The van der Waals surface area contributed by atoms with Crippen LogP contribution in [0.15, 0.2) is 46.9 Å². The van der Waals surface area contributed by atoms with Crippen molar-refractivity contribution in [1.82, 2.24) is 0 Å². The lowest BCUT2D eigenvalue weighted by atomic mass is 9.72. The molecular formula is C56H58O. The van der Waals surface area contributed by atoms with Gasteiger partial charge in [0.05, 0.1) is 0 Å². The Morgan fingerprint density at radius 1 is 0.316 bits per heavy atom. The fourth-order valence-electron chi connectivity index (χ4n) is 11.7. The van der Waals surface area contributed by atoms with E-state index < -0.39 is 0 Å². The van der Waals surface area contributed by atoms with Crippen LogP contribution < -0.4 is 0 Å². The molecular weight excluding hydrogens is 689 g/mol. The number of hydrogen-bond donors (Lipinski definition) is 0. The fraction of sp³-hybridized carbons (Fsp3) is 0.321. The van der Waals surface area contributed by atoms with Crippen LogP contribution in [0.3, 0.4) is 0 Å². The van der Waals surface area contributed by atoms with E-state index in [4.69, 9.17) is 4.42 Å². The highest BCUT2D eigenvalue weighted by Gasteiger charge is 2.43. The van der Waals surface area contributed by atoms with Gasteiger partial charge >= 0.3 is 0 Å². The van der Waals surface area contributed by atoms with Crippen LogP contribution in [0.25, 0.3) is 76.9 Å². The van der Waals surface area contributed by atoms with Crippen molar-refractivity contribution in [3.63, 3.8) is 0 Å². The van der Waals surface area contributed by atoms with E-state index in [1.54, 1.807) is 0 Å². The van der Waals surface area contributed by atoms with Gasteiger partial charge in [-0.25, -0.2) is 0 Å². The Kier molecular flexibility index (Phi) is 8.00. The molecule has 0 fully saturated rings. The first-order valence-corrected chi connectivity index (χ1v) is 21.0. The second-order valence-corrected chi connectivity index (χ2v) is 18.4. The zero-order valence-corrected chi connectivity index (χ0v) is 37.4. The van der Waals surface area contributed by atoms with Gasteiger partial charge in [0.15, 0.2) is 0 Å². The van der Waals surface area contributed by atoms with Crippen molar-refractivity contribution in [3.05, 3.63) is 137 Å². The maximum absolute atomic E-state index is 6.61. The Bertz CT molecular complexity index is 3090. The number of hydrogen-bond acceptors (Lipinski definition) is 1. The summed E-state index contributed by atoms with van der Waals surface area (Å²) in [5.74, 6) is 0. The Hall–Kier alpha value is -5.14. The molecule has 1 nitrogen and oxygen atoms in total. The van der Waals surface area contributed by atoms with Crippen LogP contribution in [-0.4, -0.2) is 0 Å². The van der Waals surface area contributed by atoms with E-state index in [1.807, 2.05) is 0 Å². The van der Waals surface area contributed by atoms with Gasteiger partial charge in [0.25, 0.3) is 0 Å². The van der Waals surface area contributed by atoms with E-state index in [-0.39, 0.29) is 5.41 Å². The number of furan rings is 1. The number of para-hydroxylation sites is 1. The molecule has 0 radical (unpaired) electrons. The average molecular weight is 747 g/mol. The monoisotopic (exact) mass is 746 g/mol. The van der Waals surface area contributed by atoms with E-state index in [0.29, 0.717) is 0 Å². The topological polar surface area (TPSA) is 13.1 Å². The summed E-state index contributed by atoms with van der Waals surface area (Å²) in [5, 5.41) is 7.91. The minimum atomic E-state index is -0.145. The fourth-order valence-corrected chi connectivity index (χ4v) is 11.7. The zero-order valence-electron chi connectivity index (χ0n) is 37.4. The molecule has 7 aromatic carbocycles. The van der Waals surface area contributed by atoms with Crippen LogP contribution in [-0.2, 0) is 5.41 Å². The third-order valence-corrected chi connectivity index (χ3v) is 15.9. The van der Waals surface area contributed by atoms with Crippen molar-refractivity contribution in [2.24, 2.45) is 0 Å². The van der Waals surface area contributed by atoms with E-state index >= 15 is 0 Å². The molecule has 0 saturated heterocycles. The molecule has 0 amide bonds. The number of rotatable bonds is 2. The molecule has 0 aliphatic heterocycles. The van der Waals surface area contributed by atoms with E-state index in [1.165, 1.54) is 160 Å². The normalized spacial score (nSPS) is 13.5. The van der Waals surface area contributed by atoms with Gasteiger partial charge in [-0.3, -0.25) is 0 Å². The largest absolute Gasteiger partial charge is 0.456 e. The summed E-state index contributed by atoms with van der Waals surface area (Å²) in [6.45, 7) is 40.6. The molecule has 9 rings (SSSR count). The van der Waals surface area contributed by atoms with Gasteiger partial charge in [-0.1, -0.05) is 44.2 Å². The lowest BCUT2D eigenvalue weighted by Gasteiger charge is -2.30. The SMILES string of the molecule is Cc1c(C)c(C)c2c(c1C)-c1c(-c3c4c(C)c(C)c(C)c(C)c4c(-c4cccc5oc6ccccc6c45)c4c(C)c(C)c(C)c(C)c34)c(C)c(C)c(C)c1C2(C)C. The molecule has 1 aliphatic rings. The van der Waals surface area contributed by atoms with Crippen LogP contribution in [0.4, 0.5) is 0 Å². The van der Waals surface area contributed by atoms with Gasteiger partial charge in [-0.2, -0.15) is 0 Å². The van der Waals surface area contributed by atoms with Gasteiger partial charge in [-0.05, 0) is 265 Å². The first-order chi connectivity index (χ1) is 26.9. The van der Waals surface area contributed by atoms with Crippen LogP contribution in [0, 0.1) is 104 Å². The summed E-state index contributed by atoms with van der Waals surface area (Å²) < 4.78 is 6.61. The van der Waals surface area contributed by atoms with Crippen LogP contribution in [0.2, 0.25) is 0 Å². The smallest absolute Gasteiger partial charge is 0.136 e. The van der Waals surface area contributed by atoms with Crippen molar-refractivity contribution >= 4 is 43.5 Å². The lowest BCUT2D eigenvalue weighted by Crippen LogP contribution is -2.19. The molecule has 0 bridgehead atoms. The molecule has 1 aliphatic carbocycles. The molecule has 57 heavy (non-hydrogen) atoms. The Morgan fingerprint density at radius 2 is 0.719 bits per heavy atom. The molecule has 8 aromatic rings. The molecule has 0 N–H and O–H groups in total. The van der Waals surface area contributed by atoms with E-state index in [0.717, 1.165) is 11.2 Å². The highest BCUT2D eigenvalue weighted by atomic mass is 16.3. The van der Waals surface area contributed by atoms with Crippen LogP contribution in [0.1, 0.15) is 108 Å². The second-order valence-electron chi connectivity index (χ2n) is 18.4. The third kappa shape index (κ3) is 4.52. The summed E-state index contributed by atoms with van der Waals surface area (Å²) in [5.41, 5.74) is 34.0. The molecule has 1 heteroatoms. The van der Waals surface area contributed by atoms with Crippen molar-refractivity contribution in [1.29, 1.82) is 0 Å². The predicted octanol–water partition coefficient (Wildman–Crippen LogP) is 16.2. The molecule has 0 atom stereocenters. The summed E-state index contributed by atoms with van der Waals surface area (Å²) >= 11 is 0. The standard InChI is InChI=1S/C56H58O/c1-25-27(3)34(10)46-44(32(25)8)51(41-22-20-24-43-50(41)40-21-18-19-23-42(40)57-43)45-33(9)26(2)28(4)35(11)47(45)52(46)48-36(12)31(7)39(15)55-53(48)49-37(13)29(5)30(6)38(14)54(49)56(55,16)17/h18-24H,1-17H3. The van der Waals surface area contributed by atoms with Gasteiger partial charge < -0.3 is 4.42 Å². The minimum Gasteiger partial charge on any atom is -0.456 e. The van der Waals surface area contributed by atoms with Gasteiger partial charge in [0.2, 0.25) is 0 Å². The molecule has 1 heterocycles. The molecule has 1 aromatic heterocycles. The Labute approximate surface area is 340 Å². The first kappa shape index (κ1) is 37.4. The number of aryl methyl sites for hydroxylation is 4. The van der Waals surface area contributed by atoms with Gasteiger partial charge in [0, 0.05) is 16.2 Å². The van der Waals surface area contributed by atoms with Crippen molar-refractivity contribution in [2.75, 3.05) is 0 Å². The van der Waals surface area contributed by atoms with Crippen molar-refractivity contribution in [3.8, 4) is 33.4 Å². The highest BCUT2D eigenvalue weighted by molar-refractivity contribution is 6.29. The van der Waals surface area contributed by atoms with Gasteiger partial charge in [-0.15, -0.1) is 0 Å². The average Bonchev–Trinajstić information content (AvgIpc) is 3.69. The van der Waals surface area contributed by atoms with E-state index in [9.17, 15) is 0 Å². The summed E-state index contributed by atoms with van der Waals surface area (Å²) in [6, 6.07) is 15.3. The first-order valence-electron chi connectivity index (χ1n) is 21.0. The second kappa shape index (κ2) is 12.2. The molecule has 288 valence electrons. The number of benzene rings is 7. The minimum absolute atomic E-state index is 0.145. The van der Waals surface area contributed by atoms with Gasteiger partial charge in [0.1, 0.15) is 11.2 Å². The van der Waals surface area contributed by atoms with E-state index in [2.05, 4.69) is 160 Å². The maximum atomic E-state index is 6.61. The summed E-state index contributed by atoms with van der Waals surface area (Å²) in [4.78, 5) is 0. The Morgan fingerprint density at radius 3 is 1.26 bits per heavy atom. The third-order valence-electron chi connectivity index (χ3n) is 15.9. The summed E-state index contributed by atoms with van der Waals surface area (Å²) in [6.07, 6.45) is 0. The predicted molar refractivity (Wildman–Crippen MR) is 248 cm³/mol. The molecule has 0 saturated carbocycles. The van der Waals surface area contributed by atoms with Crippen molar-refractivity contribution < 1.29 is 4.42 Å². The summed E-state index contributed by atoms with van der Waals surface area (Å²) in [7, 11) is 0. The highest BCUT2D eigenvalue weighted by Crippen LogP contribution is 2.61. The van der Waals surface area contributed by atoms with Crippen LogP contribution in [0.5, 0.6) is 0 Å².